The van der Waals surface area contributed by atoms with Gasteiger partial charge in [0.2, 0.25) is 0 Å². The Morgan fingerprint density at radius 1 is 1.37 bits per heavy atom. The average molecular weight is 249 g/mol. The van der Waals surface area contributed by atoms with Gasteiger partial charge in [0, 0.05) is 30.0 Å². The lowest BCUT2D eigenvalue weighted by Crippen LogP contribution is -1.97. The van der Waals surface area contributed by atoms with E-state index in [1.807, 2.05) is 42.0 Å². The second kappa shape index (κ2) is 5.52. The van der Waals surface area contributed by atoms with Crippen LogP contribution in [0.2, 0.25) is 0 Å². The lowest BCUT2D eigenvalue weighted by Gasteiger charge is -2.07. The molecule has 5 nitrogen and oxygen atoms in total. The first-order valence-corrected chi connectivity index (χ1v) is 5.62. The molecule has 1 heterocycles. The van der Waals surface area contributed by atoms with Gasteiger partial charge in [-0.25, -0.2) is 4.98 Å². The van der Waals surface area contributed by atoms with Crippen LogP contribution in [0.15, 0.2) is 48.4 Å². The summed E-state index contributed by atoms with van der Waals surface area (Å²) in [6, 6.07) is 11.2. The Morgan fingerprint density at radius 2 is 2.16 bits per heavy atom. The lowest BCUT2D eigenvalue weighted by atomic mass is 10.2. The van der Waals surface area contributed by atoms with Gasteiger partial charge in [0.25, 0.3) is 0 Å². The third kappa shape index (κ3) is 2.80. The van der Waals surface area contributed by atoms with Crippen LogP contribution in [0.25, 0.3) is 5.69 Å². The first-order valence-electron chi connectivity index (χ1n) is 5.62. The molecule has 0 fully saturated rings. The predicted octanol–water partition coefficient (Wildman–Crippen LogP) is 2.52. The van der Waals surface area contributed by atoms with Crippen LogP contribution < -0.4 is 5.32 Å². The Labute approximate surface area is 111 Å². The van der Waals surface area contributed by atoms with E-state index in [0.29, 0.717) is 0 Å². The van der Waals surface area contributed by atoms with Crippen molar-refractivity contribution >= 4 is 5.69 Å². The highest BCUT2D eigenvalue weighted by atomic mass is 15.1. The molecule has 0 saturated carbocycles. The largest absolute Gasteiger partial charge is 0.360 e. The number of anilines is 1. The van der Waals surface area contributed by atoms with Gasteiger partial charge in [0.1, 0.15) is 23.5 Å². The minimum Gasteiger partial charge on any atom is -0.360 e. The summed E-state index contributed by atoms with van der Waals surface area (Å²) >= 11 is 0. The molecule has 0 bridgehead atoms. The zero-order chi connectivity index (χ0) is 13.7. The summed E-state index contributed by atoms with van der Waals surface area (Å²) < 4.78 is 1.95. The molecule has 0 spiro atoms. The van der Waals surface area contributed by atoms with Gasteiger partial charge in [-0.05, 0) is 25.1 Å². The van der Waals surface area contributed by atoms with Crippen molar-refractivity contribution in [3.05, 3.63) is 54.3 Å². The molecule has 92 valence electrons. The molecule has 5 heteroatoms. The normalized spacial score (nSPS) is 9.21. The molecule has 2 aromatic rings. The Balaban J connectivity index is 2.27. The molecule has 0 radical (unpaired) electrons. The zero-order valence-electron chi connectivity index (χ0n) is 10.3. The number of allylic oxidation sites excluding steroid dienone is 1. The van der Waals surface area contributed by atoms with E-state index < -0.39 is 0 Å². The SMILES string of the molecule is Cc1nccn1-c1cccc(NC=C(C#N)C#N)c1. The minimum atomic E-state index is 0.0317. The molecule has 1 N–H and O–H groups in total. The van der Waals surface area contributed by atoms with E-state index in [4.69, 9.17) is 10.5 Å². The third-order valence-electron chi connectivity index (χ3n) is 2.57. The van der Waals surface area contributed by atoms with Crippen LogP contribution in [0, 0.1) is 29.6 Å². The van der Waals surface area contributed by atoms with E-state index in [1.165, 1.54) is 6.20 Å². The number of nitriles is 2. The number of aromatic nitrogens is 2. The second-order valence-electron chi connectivity index (χ2n) is 3.82. The first kappa shape index (κ1) is 12.4. The van der Waals surface area contributed by atoms with Crippen LogP contribution in [0.4, 0.5) is 5.69 Å². The summed E-state index contributed by atoms with van der Waals surface area (Å²) in [5.74, 6) is 0.891. The van der Waals surface area contributed by atoms with Gasteiger partial charge in [0.15, 0.2) is 0 Å². The second-order valence-corrected chi connectivity index (χ2v) is 3.82. The number of hydrogen-bond donors (Lipinski definition) is 1. The predicted molar refractivity (Wildman–Crippen MR) is 71.2 cm³/mol. The summed E-state index contributed by atoms with van der Waals surface area (Å²) in [5, 5.41) is 20.2. The van der Waals surface area contributed by atoms with Gasteiger partial charge in [-0.1, -0.05) is 6.07 Å². The molecule has 19 heavy (non-hydrogen) atoms. The maximum atomic E-state index is 8.65. The van der Waals surface area contributed by atoms with Crippen molar-refractivity contribution < 1.29 is 0 Å². The number of benzene rings is 1. The summed E-state index contributed by atoms with van der Waals surface area (Å²) in [6.45, 7) is 1.92. The number of aryl methyl sites for hydroxylation is 1. The topological polar surface area (TPSA) is 77.4 Å². The molecule has 2 rings (SSSR count). The van der Waals surface area contributed by atoms with Crippen LogP contribution in [0.3, 0.4) is 0 Å². The van der Waals surface area contributed by atoms with Crippen LogP contribution >= 0.6 is 0 Å². The van der Waals surface area contributed by atoms with E-state index in [9.17, 15) is 0 Å². The fourth-order valence-corrected chi connectivity index (χ4v) is 1.64. The number of hydrogen-bond acceptors (Lipinski definition) is 4. The van der Waals surface area contributed by atoms with Gasteiger partial charge in [-0.3, -0.25) is 0 Å². The van der Waals surface area contributed by atoms with Gasteiger partial charge in [-0.15, -0.1) is 0 Å². The summed E-state index contributed by atoms with van der Waals surface area (Å²) in [5.41, 5.74) is 1.79. The minimum absolute atomic E-state index is 0.0317. The van der Waals surface area contributed by atoms with Gasteiger partial charge >= 0.3 is 0 Å². The smallest absolute Gasteiger partial charge is 0.145 e. The van der Waals surface area contributed by atoms with E-state index in [0.717, 1.165) is 17.2 Å². The number of nitrogens with zero attached hydrogens (tertiary/aromatic N) is 4. The standard InChI is InChI=1S/C14H11N5/c1-11-17-5-6-19(11)14-4-2-3-13(7-14)18-10-12(8-15)9-16/h2-7,10,18H,1H3. The molecule has 0 saturated heterocycles. The highest BCUT2D eigenvalue weighted by Gasteiger charge is 2.01. The van der Waals surface area contributed by atoms with Crippen molar-refractivity contribution in [1.82, 2.24) is 9.55 Å². The molecule has 0 amide bonds. The maximum absolute atomic E-state index is 8.65. The summed E-state index contributed by atoms with van der Waals surface area (Å²) in [6.07, 6.45) is 5.00. The molecule has 0 aliphatic heterocycles. The van der Waals surface area contributed by atoms with Crippen molar-refractivity contribution in [1.29, 1.82) is 10.5 Å². The molecule has 1 aromatic carbocycles. The zero-order valence-corrected chi connectivity index (χ0v) is 10.3. The fraction of sp³-hybridized carbons (Fsp3) is 0.0714. The van der Waals surface area contributed by atoms with Crippen molar-refractivity contribution in [2.45, 2.75) is 6.92 Å². The number of rotatable bonds is 3. The molecular weight excluding hydrogens is 238 g/mol. The van der Waals surface area contributed by atoms with Gasteiger partial charge < -0.3 is 9.88 Å². The van der Waals surface area contributed by atoms with Crippen LogP contribution in [-0.4, -0.2) is 9.55 Å². The van der Waals surface area contributed by atoms with Gasteiger partial charge in [-0.2, -0.15) is 10.5 Å². The maximum Gasteiger partial charge on any atom is 0.145 e. The Hall–Kier alpha value is -3.05. The van der Waals surface area contributed by atoms with Crippen LogP contribution in [0.1, 0.15) is 5.82 Å². The van der Waals surface area contributed by atoms with E-state index in [-0.39, 0.29) is 5.57 Å². The molecule has 1 aromatic heterocycles. The van der Waals surface area contributed by atoms with Gasteiger partial charge in [0.05, 0.1) is 0 Å². The summed E-state index contributed by atoms with van der Waals surface area (Å²) in [7, 11) is 0. The fourth-order valence-electron chi connectivity index (χ4n) is 1.64. The Bertz CT molecular complexity index is 681. The average Bonchev–Trinajstić information content (AvgIpc) is 2.86. The lowest BCUT2D eigenvalue weighted by molar-refractivity contribution is 0.975. The van der Waals surface area contributed by atoms with E-state index in [2.05, 4.69) is 10.3 Å². The molecular formula is C14H11N5. The molecule has 0 unspecified atom stereocenters. The quantitative estimate of drug-likeness (QED) is 0.848. The first-order chi connectivity index (χ1) is 9.24. The van der Waals surface area contributed by atoms with Crippen LogP contribution in [-0.2, 0) is 0 Å². The molecule has 0 aliphatic rings. The van der Waals surface area contributed by atoms with Crippen molar-refractivity contribution in [3.63, 3.8) is 0 Å². The molecule has 0 aliphatic carbocycles. The highest BCUT2D eigenvalue weighted by molar-refractivity contribution is 5.54. The van der Waals surface area contributed by atoms with E-state index in [1.54, 1.807) is 18.3 Å². The number of imidazole rings is 1. The highest BCUT2D eigenvalue weighted by Crippen LogP contribution is 2.16. The molecule has 0 atom stereocenters. The van der Waals surface area contributed by atoms with Crippen molar-refractivity contribution in [3.8, 4) is 17.8 Å². The van der Waals surface area contributed by atoms with E-state index >= 15 is 0 Å². The number of nitrogens with one attached hydrogen (secondary N) is 1. The Kier molecular flexibility index (Phi) is 3.61. The Morgan fingerprint density at radius 3 is 2.79 bits per heavy atom. The summed E-state index contributed by atoms with van der Waals surface area (Å²) in [4.78, 5) is 4.17. The van der Waals surface area contributed by atoms with Crippen molar-refractivity contribution in [2.24, 2.45) is 0 Å². The van der Waals surface area contributed by atoms with Crippen molar-refractivity contribution in [2.75, 3.05) is 5.32 Å². The monoisotopic (exact) mass is 249 g/mol. The van der Waals surface area contributed by atoms with Crippen LogP contribution in [0.5, 0.6) is 0 Å². The third-order valence-corrected chi connectivity index (χ3v) is 2.57.